The highest BCUT2D eigenvalue weighted by molar-refractivity contribution is 7.97. The Morgan fingerprint density at radius 2 is 1.65 bits per heavy atom. The van der Waals surface area contributed by atoms with Gasteiger partial charge in [0.25, 0.3) is 0 Å². The second-order valence-corrected chi connectivity index (χ2v) is 9.64. The van der Waals surface area contributed by atoms with E-state index in [0.29, 0.717) is 6.10 Å². The van der Waals surface area contributed by atoms with Gasteiger partial charge in [0.05, 0.1) is 6.10 Å². The van der Waals surface area contributed by atoms with Crippen molar-refractivity contribution in [3.63, 3.8) is 0 Å². The molecule has 2 heteroatoms. The normalized spacial score (nSPS) is 38.9. The fourth-order valence-electron chi connectivity index (χ4n) is 4.85. The first-order chi connectivity index (χ1) is 9.90. The van der Waals surface area contributed by atoms with Crippen LogP contribution >= 0.6 is 0 Å². The Bertz CT molecular complexity index is 287. The van der Waals surface area contributed by atoms with E-state index in [0.717, 1.165) is 34.6 Å². The number of rotatable bonds is 5. The summed E-state index contributed by atoms with van der Waals surface area (Å²) in [5.41, 5.74) is 0. The summed E-state index contributed by atoms with van der Waals surface area (Å²) in [5.74, 6) is 5.09. The highest BCUT2D eigenvalue weighted by atomic mass is 32.2. The first kappa shape index (κ1) is 15.2. The van der Waals surface area contributed by atoms with Crippen LogP contribution in [0.15, 0.2) is 0 Å². The zero-order valence-corrected chi connectivity index (χ0v) is 14.1. The van der Waals surface area contributed by atoms with E-state index in [9.17, 15) is 0 Å². The fraction of sp³-hybridized carbons (Fsp3) is 1.00. The molecule has 0 radical (unpaired) electrons. The van der Waals surface area contributed by atoms with Crippen LogP contribution in [0.25, 0.3) is 0 Å². The standard InChI is InChI=1S/C18H33OS/c1-2-3-12-19-17-10-11-18(20-13-6-7-14-20)16-9-5-4-8-15(16)17/h15-18H,2-14H2,1H3/q+1. The summed E-state index contributed by atoms with van der Waals surface area (Å²) < 4.78 is 6.31. The van der Waals surface area contributed by atoms with Crippen LogP contribution in [0.2, 0.25) is 0 Å². The van der Waals surface area contributed by atoms with Gasteiger partial charge in [0.15, 0.2) is 0 Å². The Kier molecular flexibility index (Phi) is 5.73. The first-order valence-corrected chi connectivity index (χ1v) is 10.8. The molecule has 2 saturated carbocycles. The molecule has 0 N–H and O–H groups in total. The van der Waals surface area contributed by atoms with E-state index in [1.165, 1.54) is 64.2 Å². The summed E-state index contributed by atoms with van der Waals surface area (Å²) in [6.45, 7) is 3.28. The quantitative estimate of drug-likeness (QED) is 0.534. The molecule has 2 aliphatic carbocycles. The predicted octanol–water partition coefficient (Wildman–Crippen LogP) is 4.55. The molecular weight excluding hydrogens is 264 g/mol. The molecular formula is C18H33OS+. The van der Waals surface area contributed by atoms with Crippen molar-refractivity contribution in [1.82, 2.24) is 0 Å². The molecule has 0 amide bonds. The van der Waals surface area contributed by atoms with Gasteiger partial charge >= 0.3 is 0 Å². The third-order valence-corrected chi connectivity index (χ3v) is 8.95. The largest absolute Gasteiger partial charge is 0.378 e. The van der Waals surface area contributed by atoms with Crippen molar-refractivity contribution in [3.8, 4) is 0 Å². The first-order valence-electron chi connectivity index (χ1n) is 9.18. The highest BCUT2D eigenvalue weighted by Gasteiger charge is 2.48. The maximum Gasteiger partial charge on any atom is 0.121 e. The van der Waals surface area contributed by atoms with Gasteiger partial charge in [0.1, 0.15) is 16.8 Å². The summed E-state index contributed by atoms with van der Waals surface area (Å²) in [4.78, 5) is 0. The lowest BCUT2D eigenvalue weighted by Crippen LogP contribution is -2.47. The summed E-state index contributed by atoms with van der Waals surface area (Å²) in [6, 6.07) is 0. The van der Waals surface area contributed by atoms with Gasteiger partial charge in [-0.2, -0.15) is 0 Å². The van der Waals surface area contributed by atoms with Gasteiger partial charge in [-0.1, -0.05) is 26.2 Å². The maximum absolute atomic E-state index is 6.31. The molecule has 3 rings (SSSR count). The highest BCUT2D eigenvalue weighted by Crippen LogP contribution is 2.46. The van der Waals surface area contributed by atoms with Crippen molar-refractivity contribution in [2.75, 3.05) is 18.1 Å². The van der Waals surface area contributed by atoms with Crippen LogP contribution in [0.1, 0.15) is 71.1 Å². The van der Waals surface area contributed by atoms with Gasteiger partial charge < -0.3 is 4.74 Å². The van der Waals surface area contributed by atoms with Gasteiger partial charge in [-0.25, -0.2) is 0 Å². The van der Waals surface area contributed by atoms with E-state index in [2.05, 4.69) is 6.92 Å². The molecule has 116 valence electrons. The Balaban J connectivity index is 1.61. The number of hydrogen-bond acceptors (Lipinski definition) is 1. The molecule has 3 aliphatic rings. The van der Waals surface area contributed by atoms with Crippen LogP contribution in [0.3, 0.4) is 0 Å². The molecule has 4 atom stereocenters. The smallest absolute Gasteiger partial charge is 0.121 e. The summed E-state index contributed by atoms with van der Waals surface area (Å²) >= 11 is 0. The van der Waals surface area contributed by atoms with Crippen molar-refractivity contribution in [2.24, 2.45) is 11.8 Å². The van der Waals surface area contributed by atoms with Crippen molar-refractivity contribution in [3.05, 3.63) is 0 Å². The Morgan fingerprint density at radius 1 is 0.900 bits per heavy atom. The minimum Gasteiger partial charge on any atom is -0.378 e. The summed E-state index contributed by atoms with van der Waals surface area (Å²) in [7, 11) is 0.790. The molecule has 0 bridgehead atoms. The monoisotopic (exact) mass is 297 g/mol. The van der Waals surface area contributed by atoms with Crippen LogP contribution in [0.4, 0.5) is 0 Å². The number of unbranched alkanes of at least 4 members (excludes halogenated alkanes) is 1. The molecule has 0 aromatic heterocycles. The summed E-state index contributed by atoms with van der Waals surface area (Å²) in [6.07, 6.45) is 15.0. The lowest BCUT2D eigenvalue weighted by atomic mass is 9.69. The second-order valence-electron chi connectivity index (χ2n) is 7.14. The van der Waals surface area contributed by atoms with Crippen molar-refractivity contribution >= 4 is 10.9 Å². The average Bonchev–Trinajstić information content (AvgIpc) is 3.01. The van der Waals surface area contributed by atoms with Gasteiger partial charge in [0.2, 0.25) is 0 Å². The average molecular weight is 298 g/mol. The number of fused-ring (bicyclic) bond motifs is 1. The summed E-state index contributed by atoms with van der Waals surface area (Å²) in [5, 5.41) is 1.09. The van der Waals surface area contributed by atoms with Crippen LogP contribution in [-0.2, 0) is 15.6 Å². The molecule has 4 unspecified atom stereocenters. The maximum atomic E-state index is 6.31. The SMILES string of the molecule is CCCCOC1CCC([S+]2CCCC2)C2CCCCC12. The third-order valence-electron chi connectivity index (χ3n) is 5.89. The van der Waals surface area contributed by atoms with Gasteiger partial charge in [-0.3, -0.25) is 0 Å². The molecule has 1 heterocycles. The van der Waals surface area contributed by atoms with E-state index in [-0.39, 0.29) is 0 Å². The molecule has 1 nitrogen and oxygen atoms in total. The van der Waals surface area contributed by atoms with Crippen LogP contribution in [-0.4, -0.2) is 29.5 Å². The Hall–Kier alpha value is 0.310. The number of hydrogen-bond donors (Lipinski definition) is 0. The molecule has 3 fully saturated rings. The molecule has 1 aliphatic heterocycles. The topological polar surface area (TPSA) is 9.23 Å². The van der Waals surface area contributed by atoms with E-state index >= 15 is 0 Å². The van der Waals surface area contributed by atoms with Crippen molar-refractivity contribution in [1.29, 1.82) is 0 Å². The van der Waals surface area contributed by atoms with E-state index in [1.807, 2.05) is 0 Å². The van der Waals surface area contributed by atoms with Crippen LogP contribution in [0.5, 0.6) is 0 Å². The van der Waals surface area contributed by atoms with E-state index in [1.54, 1.807) is 11.5 Å². The Labute approximate surface area is 128 Å². The van der Waals surface area contributed by atoms with E-state index in [4.69, 9.17) is 4.74 Å². The molecule has 1 saturated heterocycles. The molecule has 20 heavy (non-hydrogen) atoms. The van der Waals surface area contributed by atoms with E-state index < -0.39 is 0 Å². The zero-order chi connectivity index (χ0) is 13.8. The molecule has 0 spiro atoms. The lowest BCUT2D eigenvalue weighted by Gasteiger charge is -2.44. The minimum atomic E-state index is 0.620. The predicted molar refractivity (Wildman–Crippen MR) is 89.5 cm³/mol. The van der Waals surface area contributed by atoms with Gasteiger partial charge in [-0.15, -0.1) is 0 Å². The van der Waals surface area contributed by atoms with Gasteiger partial charge in [-0.05, 0) is 61.8 Å². The third kappa shape index (κ3) is 3.38. The Morgan fingerprint density at radius 3 is 2.40 bits per heavy atom. The molecule has 0 aromatic carbocycles. The van der Waals surface area contributed by atoms with Crippen LogP contribution < -0.4 is 0 Å². The fourth-order valence-corrected chi connectivity index (χ4v) is 8.11. The van der Waals surface area contributed by atoms with Gasteiger partial charge in [0, 0.05) is 12.5 Å². The molecule has 0 aromatic rings. The lowest BCUT2D eigenvalue weighted by molar-refractivity contribution is -0.0455. The van der Waals surface area contributed by atoms with Crippen molar-refractivity contribution in [2.45, 2.75) is 82.5 Å². The van der Waals surface area contributed by atoms with Crippen LogP contribution in [0, 0.1) is 11.8 Å². The minimum absolute atomic E-state index is 0.620. The second kappa shape index (κ2) is 7.54. The van der Waals surface area contributed by atoms with Crippen molar-refractivity contribution < 1.29 is 4.74 Å². The number of ether oxygens (including phenoxy) is 1. The zero-order valence-electron chi connectivity index (χ0n) is 13.3.